The van der Waals surface area contributed by atoms with Gasteiger partial charge in [0.15, 0.2) is 0 Å². The highest BCUT2D eigenvalue weighted by Crippen LogP contribution is 2.24. The Kier molecular flexibility index (Phi) is 4.77. The number of methoxy groups -OCH3 is 1. The molecule has 0 amide bonds. The predicted octanol–water partition coefficient (Wildman–Crippen LogP) is 2.46. The van der Waals surface area contributed by atoms with Crippen LogP contribution in [0.3, 0.4) is 0 Å². The summed E-state index contributed by atoms with van der Waals surface area (Å²) in [5.74, 6) is -0.203. The van der Waals surface area contributed by atoms with Crippen molar-refractivity contribution in [2.75, 3.05) is 7.11 Å². The molecule has 0 saturated carbocycles. The first kappa shape index (κ1) is 16.0. The van der Waals surface area contributed by atoms with Crippen LogP contribution in [0.5, 0.6) is 5.75 Å². The number of hydrogen-bond donors (Lipinski definition) is 1. The number of halogens is 1. The Morgan fingerprint density at radius 1 is 1.23 bits per heavy atom. The van der Waals surface area contributed by atoms with Crippen molar-refractivity contribution in [3.05, 3.63) is 59.4 Å². The smallest absolute Gasteiger partial charge is 0.280 e. The number of ether oxygens (including phenoxy) is 1. The molecule has 1 N–H and O–H groups in total. The van der Waals surface area contributed by atoms with Crippen molar-refractivity contribution in [1.82, 2.24) is 4.83 Å². The molecule has 0 aliphatic heterocycles. The molecule has 0 atom stereocenters. The van der Waals surface area contributed by atoms with Crippen LogP contribution in [-0.2, 0) is 10.0 Å². The summed E-state index contributed by atoms with van der Waals surface area (Å²) < 4.78 is 42.6. The lowest BCUT2D eigenvalue weighted by molar-refractivity contribution is 0.402. The molecule has 22 heavy (non-hydrogen) atoms. The highest BCUT2D eigenvalue weighted by Gasteiger charge is 2.18. The molecule has 116 valence electrons. The van der Waals surface area contributed by atoms with E-state index in [1.54, 1.807) is 25.1 Å². The normalized spacial score (nSPS) is 11.6. The standard InChI is InChI=1S/C15H15FN2O3S/c1-11-6-7-14(21-2)15(8-11)22(19,20)18-17-10-12-4-3-5-13(16)9-12/h3-10,18H,1-2H3/b17-10+. The molecule has 0 fully saturated rings. The maximum Gasteiger partial charge on any atom is 0.280 e. The minimum atomic E-state index is -3.87. The zero-order valence-electron chi connectivity index (χ0n) is 12.1. The van der Waals surface area contributed by atoms with Gasteiger partial charge in [-0.15, -0.1) is 0 Å². The number of nitrogens with zero attached hydrogens (tertiary/aromatic N) is 1. The molecule has 2 aromatic carbocycles. The Balaban J connectivity index is 2.23. The van der Waals surface area contributed by atoms with Crippen molar-refractivity contribution in [3.63, 3.8) is 0 Å². The van der Waals surface area contributed by atoms with Gasteiger partial charge in [-0.25, -0.2) is 4.39 Å². The lowest BCUT2D eigenvalue weighted by atomic mass is 10.2. The van der Waals surface area contributed by atoms with E-state index < -0.39 is 15.8 Å². The summed E-state index contributed by atoms with van der Waals surface area (Å²) in [6.07, 6.45) is 1.23. The third-order valence-electron chi connectivity index (χ3n) is 2.84. The molecule has 0 aliphatic rings. The van der Waals surface area contributed by atoms with E-state index in [0.717, 1.165) is 5.56 Å². The van der Waals surface area contributed by atoms with E-state index in [4.69, 9.17) is 4.74 Å². The summed E-state index contributed by atoms with van der Waals surface area (Å²) in [6.45, 7) is 1.77. The third kappa shape index (κ3) is 3.82. The average Bonchev–Trinajstić information content (AvgIpc) is 2.47. The van der Waals surface area contributed by atoms with Gasteiger partial charge in [-0.2, -0.15) is 18.4 Å². The van der Waals surface area contributed by atoms with Gasteiger partial charge >= 0.3 is 0 Å². The number of hydrazone groups is 1. The molecule has 0 bridgehead atoms. The summed E-state index contributed by atoms with van der Waals surface area (Å²) in [6, 6.07) is 10.4. The summed E-state index contributed by atoms with van der Waals surface area (Å²) in [7, 11) is -2.48. The van der Waals surface area contributed by atoms with Gasteiger partial charge in [0, 0.05) is 0 Å². The molecule has 0 heterocycles. The Hall–Kier alpha value is -2.41. The molecule has 7 heteroatoms. The minimum Gasteiger partial charge on any atom is -0.495 e. The number of rotatable bonds is 5. The quantitative estimate of drug-likeness (QED) is 0.679. The SMILES string of the molecule is COc1ccc(C)cc1S(=O)(=O)N/N=C/c1cccc(F)c1. The first-order chi connectivity index (χ1) is 10.4. The molecule has 0 aliphatic carbocycles. The maximum absolute atomic E-state index is 13.0. The van der Waals surface area contributed by atoms with Crippen LogP contribution in [0.15, 0.2) is 52.5 Å². The van der Waals surface area contributed by atoms with Gasteiger partial charge < -0.3 is 4.74 Å². The van der Waals surface area contributed by atoms with Gasteiger partial charge in [-0.3, -0.25) is 0 Å². The topological polar surface area (TPSA) is 67.8 Å². The third-order valence-corrected chi connectivity index (χ3v) is 4.09. The zero-order valence-corrected chi connectivity index (χ0v) is 12.9. The largest absolute Gasteiger partial charge is 0.495 e. The zero-order chi connectivity index (χ0) is 16.2. The van der Waals surface area contributed by atoms with Crippen molar-refractivity contribution in [1.29, 1.82) is 0 Å². The molecule has 2 aromatic rings. The number of nitrogens with one attached hydrogen (secondary N) is 1. The van der Waals surface area contributed by atoms with Crippen LogP contribution in [0.1, 0.15) is 11.1 Å². The number of hydrogen-bond acceptors (Lipinski definition) is 4. The van der Waals surface area contributed by atoms with Crippen LogP contribution in [0, 0.1) is 12.7 Å². The molecular formula is C15H15FN2O3S. The van der Waals surface area contributed by atoms with Crippen LogP contribution in [0.2, 0.25) is 0 Å². The molecule has 0 saturated heterocycles. The van der Waals surface area contributed by atoms with Crippen LogP contribution in [0.25, 0.3) is 0 Å². The lowest BCUT2D eigenvalue weighted by Crippen LogP contribution is -2.19. The highest BCUT2D eigenvalue weighted by molar-refractivity contribution is 7.89. The van der Waals surface area contributed by atoms with E-state index in [0.29, 0.717) is 5.56 Å². The second kappa shape index (κ2) is 6.57. The van der Waals surface area contributed by atoms with Crippen molar-refractivity contribution in [2.24, 2.45) is 5.10 Å². The van der Waals surface area contributed by atoms with Gasteiger partial charge in [0.1, 0.15) is 16.5 Å². The molecule has 2 rings (SSSR count). The number of sulfonamides is 1. The fraction of sp³-hybridized carbons (Fsp3) is 0.133. The summed E-state index contributed by atoms with van der Waals surface area (Å²) in [4.78, 5) is 2.08. The number of aryl methyl sites for hydroxylation is 1. The van der Waals surface area contributed by atoms with E-state index >= 15 is 0 Å². The van der Waals surface area contributed by atoms with Gasteiger partial charge in [0.05, 0.1) is 13.3 Å². The van der Waals surface area contributed by atoms with Crippen molar-refractivity contribution in [2.45, 2.75) is 11.8 Å². The lowest BCUT2D eigenvalue weighted by Gasteiger charge is -2.09. The van der Waals surface area contributed by atoms with Gasteiger partial charge in [0.2, 0.25) is 0 Å². The second-order valence-electron chi connectivity index (χ2n) is 4.56. The first-order valence-corrected chi connectivity index (χ1v) is 7.86. The Bertz CT molecular complexity index is 804. The van der Waals surface area contributed by atoms with Crippen LogP contribution < -0.4 is 9.57 Å². The van der Waals surface area contributed by atoms with Gasteiger partial charge in [0.25, 0.3) is 10.0 Å². The van der Waals surface area contributed by atoms with E-state index in [1.165, 1.54) is 37.6 Å². The minimum absolute atomic E-state index is 0.00797. The van der Waals surface area contributed by atoms with Gasteiger partial charge in [-0.1, -0.05) is 18.2 Å². The van der Waals surface area contributed by atoms with E-state index in [2.05, 4.69) is 9.93 Å². The fourth-order valence-corrected chi connectivity index (χ4v) is 2.85. The van der Waals surface area contributed by atoms with Gasteiger partial charge in [-0.05, 0) is 42.3 Å². The summed E-state index contributed by atoms with van der Waals surface area (Å²) in [5, 5.41) is 3.65. The molecule has 0 unspecified atom stereocenters. The monoisotopic (exact) mass is 322 g/mol. The Morgan fingerprint density at radius 2 is 2.00 bits per heavy atom. The highest BCUT2D eigenvalue weighted by atomic mass is 32.2. The van der Waals surface area contributed by atoms with E-state index in [9.17, 15) is 12.8 Å². The molecule has 0 radical (unpaired) electrons. The Morgan fingerprint density at radius 3 is 2.68 bits per heavy atom. The van der Waals surface area contributed by atoms with Crippen molar-refractivity contribution < 1.29 is 17.5 Å². The van der Waals surface area contributed by atoms with Crippen molar-refractivity contribution >= 4 is 16.2 Å². The van der Waals surface area contributed by atoms with Crippen LogP contribution in [0.4, 0.5) is 4.39 Å². The molecule has 0 aromatic heterocycles. The van der Waals surface area contributed by atoms with E-state index in [-0.39, 0.29) is 10.6 Å². The molecule has 5 nitrogen and oxygen atoms in total. The number of benzene rings is 2. The summed E-state index contributed by atoms with van der Waals surface area (Å²) in [5.41, 5.74) is 1.22. The van der Waals surface area contributed by atoms with Crippen molar-refractivity contribution in [3.8, 4) is 5.75 Å². The molecular weight excluding hydrogens is 307 g/mol. The predicted molar refractivity (Wildman–Crippen MR) is 82.0 cm³/mol. The average molecular weight is 322 g/mol. The second-order valence-corrected chi connectivity index (χ2v) is 6.19. The maximum atomic E-state index is 13.0. The van der Waals surface area contributed by atoms with Crippen LogP contribution >= 0.6 is 0 Å². The Labute approximate surface area is 128 Å². The van der Waals surface area contributed by atoms with E-state index in [1.807, 2.05) is 0 Å². The molecule has 0 spiro atoms. The van der Waals surface area contributed by atoms with Crippen LogP contribution in [-0.4, -0.2) is 21.7 Å². The summed E-state index contributed by atoms with van der Waals surface area (Å²) >= 11 is 0. The fourth-order valence-electron chi connectivity index (χ4n) is 1.80. The first-order valence-electron chi connectivity index (χ1n) is 6.37.